The van der Waals surface area contributed by atoms with E-state index in [4.69, 9.17) is 11.6 Å². The summed E-state index contributed by atoms with van der Waals surface area (Å²) in [6.07, 6.45) is 0.633. The van der Waals surface area contributed by atoms with Crippen LogP contribution in [0.5, 0.6) is 0 Å². The lowest BCUT2D eigenvalue weighted by Gasteiger charge is -2.32. The number of amides is 2. The fraction of sp³-hybridized carbons (Fsp3) is 0.310. The van der Waals surface area contributed by atoms with Gasteiger partial charge in [-0.3, -0.25) is 9.59 Å². The quantitative estimate of drug-likeness (QED) is 0.433. The molecule has 34 heavy (non-hydrogen) atoms. The van der Waals surface area contributed by atoms with Crippen LogP contribution < -0.4 is 5.32 Å². The highest BCUT2D eigenvalue weighted by Crippen LogP contribution is 2.22. The van der Waals surface area contributed by atoms with Crippen molar-refractivity contribution in [3.63, 3.8) is 0 Å². The van der Waals surface area contributed by atoms with E-state index in [0.29, 0.717) is 11.4 Å². The number of halogens is 1. The van der Waals surface area contributed by atoms with Crippen molar-refractivity contribution < 1.29 is 9.59 Å². The van der Waals surface area contributed by atoms with Gasteiger partial charge in [0.05, 0.1) is 6.42 Å². The second kappa shape index (κ2) is 11.8. The minimum absolute atomic E-state index is 0.0391. The van der Waals surface area contributed by atoms with Crippen LogP contribution in [0.25, 0.3) is 0 Å². The molecular weight excluding hydrogens is 444 g/mol. The maximum absolute atomic E-state index is 13.7. The van der Waals surface area contributed by atoms with Gasteiger partial charge in [-0.1, -0.05) is 78.3 Å². The molecule has 0 bridgehead atoms. The predicted octanol–water partition coefficient (Wildman–Crippen LogP) is 5.66. The Morgan fingerprint density at radius 1 is 0.882 bits per heavy atom. The Kier molecular flexibility index (Phi) is 8.89. The first-order valence-electron chi connectivity index (χ1n) is 11.7. The molecule has 3 aromatic rings. The van der Waals surface area contributed by atoms with Gasteiger partial charge in [0.2, 0.25) is 11.8 Å². The number of rotatable bonds is 9. The molecule has 0 fully saturated rings. The lowest BCUT2D eigenvalue weighted by molar-refractivity contribution is -0.141. The molecule has 0 saturated carbocycles. The van der Waals surface area contributed by atoms with Gasteiger partial charge in [-0.2, -0.15) is 0 Å². The molecule has 0 radical (unpaired) electrons. The van der Waals surface area contributed by atoms with Crippen molar-refractivity contribution in [3.05, 3.63) is 106 Å². The summed E-state index contributed by atoms with van der Waals surface area (Å²) in [5, 5.41) is 3.59. The van der Waals surface area contributed by atoms with Crippen molar-refractivity contribution in [2.45, 2.75) is 59.2 Å². The molecule has 0 saturated heterocycles. The van der Waals surface area contributed by atoms with Crippen LogP contribution in [0.4, 0.5) is 0 Å². The average Bonchev–Trinajstić information content (AvgIpc) is 2.80. The lowest BCUT2D eigenvalue weighted by atomic mass is 10.00. The average molecular weight is 477 g/mol. The summed E-state index contributed by atoms with van der Waals surface area (Å²) < 4.78 is 0. The molecule has 0 unspecified atom stereocenters. The third-order valence-electron chi connectivity index (χ3n) is 5.93. The number of hydrogen-bond acceptors (Lipinski definition) is 2. The van der Waals surface area contributed by atoms with Crippen LogP contribution in [0.15, 0.2) is 72.8 Å². The van der Waals surface area contributed by atoms with Gasteiger partial charge < -0.3 is 10.2 Å². The molecule has 178 valence electrons. The standard InChI is InChI=1S/C29H33ClN2O2/c1-20(2)31-29(34)27(17-23-10-6-5-7-11-23)32(19-25-12-8-9-13-26(25)30)28(33)18-24-15-14-21(3)22(4)16-24/h5-16,20,27H,17-19H2,1-4H3,(H,31,34)/t27-/m0/s1. The maximum atomic E-state index is 13.7. The smallest absolute Gasteiger partial charge is 0.243 e. The third kappa shape index (κ3) is 6.94. The van der Waals surface area contributed by atoms with E-state index >= 15 is 0 Å². The van der Waals surface area contributed by atoms with Gasteiger partial charge in [0.25, 0.3) is 0 Å². The summed E-state index contributed by atoms with van der Waals surface area (Å²) in [5.41, 5.74) is 5.06. The molecule has 0 aliphatic rings. The molecule has 5 heteroatoms. The highest BCUT2D eigenvalue weighted by atomic mass is 35.5. The van der Waals surface area contributed by atoms with E-state index in [-0.39, 0.29) is 30.8 Å². The molecule has 3 rings (SSSR count). The van der Waals surface area contributed by atoms with Crippen molar-refractivity contribution in [1.82, 2.24) is 10.2 Å². The molecule has 0 aliphatic heterocycles. The molecule has 0 aromatic heterocycles. The van der Waals surface area contributed by atoms with Gasteiger partial charge in [-0.15, -0.1) is 0 Å². The predicted molar refractivity (Wildman–Crippen MR) is 139 cm³/mol. The minimum Gasteiger partial charge on any atom is -0.352 e. The molecular formula is C29H33ClN2O2. The summed E-state index contributed by atoms with van der Waals surface area (Å²) in [5.74, 6) is -0.276. The van der Waals surface area contributed by atoms with E-state index in [1.165, 1.54) is 5.56 Å². The first-order valence-corrected chi connectivity index (χ1v) is 12.1. The van der Waals surface area contributed by atoms with Crippen LogP contribution >= 0.6 is 11.6 Å². The number of carbonyl (C=O) groups excluding carboxylic acids is 2. The zero-order valence-electron chi connectivity index (χ0n) is 20.3. The van der Waals surface area contributed by atoms with E-state index in [2.05, 4.69) is 12.2 Å². The van der Waals surface area contributed by atoms with E-state index in [9.17, 15) is 9.59 Å². The SMILES string of the molecule is Cc1ccc(CC(=O)N(Cc2ccccc2Cl)[C@@H](Cc2ccccc2)C(=O)NC(C)C)cc1C. The highest BCUT2D eigenvalue weighted by Gasteiger charge is 2.31. The number of nitrogens with one attached hydrogen (secondary N) is 1. The van der Waals surface area contributed by atoms with Gasteiger partial charge in [-0.05, 0) is 61.6 Å². The zero-order chi connectivity index (χ0) is 24.7. The summed E-state index contributed by atoms with van der Waals surface area (Å²) in [6, 6.07) is 22.6. The molecule has 4 nitrogen and oxygen atoms in total. The molecule has 2 amide bonds. The Hall–Kier alpha value is -3.11. The van der Waals surface area contributed by atoms with Crippen molar-refractivity contribution in [3.8, 4) is 0 Å². The van der Waals surface area contributed by atoms with E-state index in [0.717, 1.165) is 22.3 Å². The fourth-order valence-corrected chi connectivity index (χ4v) is 4.13. The summed E-state index contributed by atoms with van der Waals surface area (Å²) in [7, 11) is 0. The Morgan fingerprint density at radius 3 is 2.21 bits per heavy atom. The topological polar surface area (TPSA) is 49.4 Å². The first-order chi connectivity index (χ1) is 16.2. The van der Waals surface area contributed by atoms with Gasteiger partial charge >= 0.3 is 0 Å². The number of aryl methyl sites for hydroxylation is 2. The number of carbonyl (C=O) groups is 2. The van der Waals surface area contributed by atoms with Crippen LogP contribution in [0, 0.1) is 13.8 Å². The summed E-state index contributed by atoms with van der Waals surface area (Å²) >= 11 is 6.46. The van der Waals surface area contributed by atoms with E-state index in [1.54, 1.807) is 4.90 Å². The molecule has 0 heterocycles. The van der Waals surface area contributed by atoms with Gasteiger partial charge in [0.15, 0.2) is 0 Å². The van der Waals surface area contributed by atoms with Crippen LogP contribution in [0.2, 0.25) is 5.02 Å². The highest BCUT2D eigenvalue weighted by molar-refractivity contribution is 6.31. The van der Waals surface area contributed by atoms with Gasteiger partial charge in [-0.25, -0.2) is 0 Å². The van der Waals surface area contributed by atoms with Crippen LogP contribution in [0.1, 0.15) is 41.7 Å². The van der Waals surface area contributed by atoms with Gasteiger partial charge in [0, 0.05) is 24.0 Å². The Bertz CT molecular complexity index is 1130. The zero-order valence-corrected chi connectivity index (χ0v) is 21.1. The molecule has 1 atom stereocenters. The molecule has 0 spiro atoms. The van der Waals surface area contributed by atoms with Crippen molar-refractivity contribution >= 4 is 23.4 Å². The maximum Gasteiger partial charge on any atom is 0.243 e. The normalized spacial score (nSPS) is 11.8. The lowest BCUT2D eigenvalue weighted by Crippen LogP contribution is -2.52. The first kappa shape index (κ1) is 25.5. The number of hydrogen-bond donors (Lipinski definition) is 1. The van der Waals surface area contributed by atoms with Crippen LogP contribution in [0.3, 0.4) is 0 Å². The largest absolute Gasteiger partial charge is 0.352 e. The third-order valence-corrected chi connectivity index (χ3v) is 6.30. The summed E-state index contributed by atoms with van der Waals surface area (Å²) in [4.78, 5) is 28.8. The second-order valence-corrected chi connectivity index (χ2v) is 9.48. The Morgan fingerprint density at radius 2 is 1.56 bits per heavy atom. The van der Waals surface area contributed by atoms with Crippen molar-refractivity contribution in [2.24, 2.45) is 0 Å². The Balaban J connectivity index is 1.99. The summed E-state index contributed by atoms with van der Waals surface area (Å²) in [6.45, 7) is 8.20. The Labute approximate surface area is 207 Å². The van der Waals surface area contributed by atoms with Crippen LogP contribution in [-0.2, 0) is 29.0 Å². The monoisotopic (exact) mass is 476 g/mol. The molecule has 0 aliphatic carbocycles. The van der Waals surface area contributed by atoms with Crippen LogP contribution in [-0.4, -0.2) is 28.8 Å². The molecule has 3 aromatic carbocycles. The fourth-order valence-electron chi connectivity index (χ4n) is 3.93. The van der Waals surface area contributed by atoms with E-state index < -0.39 is 6.04 Å². The van der Waals surface area contributed by atoms with E-state index in [1.807, 2.05) is 93.6 Å². The van der Waals surface area contributed by atoms with Crippen molar-refractivity contribution in [1.29, 1.82) is 0 Å². The number of benzene rings is 3. The van der Waals surface area contributed by atoms with Crippen molar-refractivity contribution in [2.75, 3.05) is 0 Å². The second-order valence-electron chi connectivity index (χ2n) is 9.08. The molecule has 1 N–H and O–H groups in total. The number of nitrogens with zero attached hydrogens (tertiary/aromatic N) is 1. The minimum atomic E-state index is -0.667. The van der Waals surface area contributed by atoms with Gasteiger partial charge in [0.1, 0.15) is 6.04 Å².